The molecule has 0 spiro atoms. The number of fused-ring (bicyclic) bond motifs is 1. The first kappa shape index (κ1) is 14.7. The largest absolute Gasteiger partial charge is 0.297 e. The lowest BCUT2D eigenvalue weighted by molar-refractivity contribution is -0.132. The fourth-order valence-electron chi connectivity index (χ4n) is 4.50. The molecule has 3 rings (SSSR count). The Bertz CT molecular complexity index is 516. The van der Waals surface area contributed by atoms with Gasteiger partial charge in [-0.15, -0.1) is 0 Å². The van der Waals surface area contributed by atoms with Crippen molar-refractivity contribution in [3.8, 4) is 0 Å². The third-order valence-electron chi connectivity index (χ3n) is 5.53. The van der Waals surface area contributed by atoms with Crippen molar-refractivity contribution in [3.63, 3.8) is 0 Å². The number of rotatable bonds is 5. The first-order chi connectivity index (χ1) is 10.2. The summed E-state index contributed by atoms with van der Waals surface area (Å²) >= 11 is 0. The van der Waals surface area contributed by atoms with Gasteiger partial charge in [0.05, 0.1) is 17.2 Å². The minimum atomic E-state index is -0.215. The molecule has 1 heterocycles. The first-order valence-electron chi connectivity index (χ1n) is 8.46. The molecule has 0 bridgehead atoms. The van der Waals surface area contributed by atoms with Crippen molar-refractivity contribution in [1.82, 2.24) is 9.88 Å². The fraction of sp³-hybridized carbons (Fsp3) is 0.667. The van der Waals surface area contributed by atoms with Crippen LogP contribution in [0.3, 0.4) is 0 Å². The van der Waals surface area contributed by atoms with E-state index in [2.05, 4.69) is 29.8 Å². The summed E-state index contributed by atoms with van der Waals surface area (Å²) in [4.78, 5) is 20.4. The third-order valence-corrected chi connectivity index (χ3v) is 5.53. The standard InChI is InChI=1S/C18H26N2O/c1-3-20(4-2)18(11-5-6-12-18)17(21)15-10-9-14-8-7-13-19-16(14)15/h7-8,13,15H,3-6,9-12H2,1-2H3. The van der Waals surface area contributed by atoms with Crippen molar-refractivity contribution in [1.29, 1.82) is 0 Å². The normalized spacial score (nSPS) is 23.5. The number of hydrogen-bond acceptors (Lipinski definition) is 3. The third kappa shape index (κ3) is 2.32. The van der Waals surface area contributed by atoms with Crippen LogP contribution in [0.15, 0.2) is 18.3 Å². The molecule has 1 unspecified atom stereocenters. The topological polar surface area (TPSA) is 33.2 Å². The van der Waals surface area contributed by atoms with Gasteiger partial charge in [0, 0.05) is 6.20 Å². The number of likely N-dealkylation sites (N-methyl/N-ethyl adjacent to an activating group) is 1. The van der Waals surface area contributed by atoms with Crippen molar-refractivity contribution in [2.45, 2.75) is 63.8 Å². The Balaban J connectivity index is 1.93. The number of carbonyl (C=O) groups excluding carboxylic acids is 1. The first-order valence-corrected chi connectivity index (χ1v) is 8.46. The molecule has 2 aliphatic rings. The summed E-state index contributed by atoms with van der Waals surface area (Å²) in [6.45, 7) is 6.28. The van der Waals surface area contributed by atoms with Gasteiger partial charge < -0.3 is 0 Å². The van der Waals surface area contributed by atoms with E-state index in [0.717, 1.165) is 44.5 Å². The van der Waals surface area contributed by atoms with Gasteiger partial charge in [-0.2, -0.15) is 0 Å². The molecule has 0 amide bonds. The molecule has 2 aliphatic carbocycles. The number of Topliss-reactive ketones (excluding diaryl/α,β-unsaturated/α-hetero) is 1. The number of hydrogen-bond donors (Lipinski definition) is 0. The zero-order chi connectivity index (χ0) is 14.9. The number of aryl methyl sites for hydroxylation is 1. The highest BCUT2D eigenvalue weighted by atomic mass is 16.1. The molecule has 21 heavy (non-hydrogen) atoms. The van der Waals surface area contributed by atoms with E-state index >= 15 is 0 Å². The van der Waals surface area contributed by atoms with Crippen molar-refractivity contribution in [3.05, 3.63) is 29.6 Å². The number of ketones is 1. The average Bonchev–Trinajstić information content (AvgIpc) is 3.15. The molecule has 0 saturated heterocycles. The zero-order valence-corrected chi connectivity index (χ0v) is 13.3. The highest BCUT2D eigenvalue weighted by Gasteiger charge is 2.48. The van der Waals surface area contributed by atoms with Gasteiger partial charge in [0.2, 0.25) is 0 Å². The monoisotopic (exact) mass is 286 g/mol. The maximum Gasteiger partial charge on any atom is 0.162 e. The van der Waals surface area contributed by atoms with E-state index in [1.54, 1.807) is 0 Å². The molecule has 1 fully saturated rings. The Labute approximate surface area is 127 Å². The second kappa shape index (κ2) is 5.88. The van der Waals surface area contributed by atoms with Gasteiger partial charge in [0.1, 0.15) is 0 Å². The molecule has 3 nitrogen and oxygen atoms in total. The smallest absolute Gasteiger partial charge is 0.162 e. The van der Waals surface area contributed by atoms with E-state index in [4.69, 9.17) is 0 Å². The summed E-state index contributed by atoms with van der Waals surface area (Å²) in [5.74, 6) is 0.473. The second-order valence-corrected chi connectivity index (χ2v) is 6.41. The van der Waals surface area contributed by atoms with Crippen molar-refractivity contribution < 1.29 is 4.79 Å². The Morgan fingerprint density at radius 1 is 1.33 bits per heavy atom. The van der Waals surface area contributed by atoms with Crippen LogP contribution in [0.1, 0.15) is 63.1 Å². The van der Waals surface area contributed by atoms with Crippen LogP contribution in [-0.2, 0) is 11.2 Å². The van der Waals surface area contributed by atoms with Crippen LogP contribution in [0.2, 0.25) is 0 Å². The average molecular weight is 286 g/mol. The van der Waals surface area contributed by atoms with E-state index in [0.29, 0.717) is 5.78 Å². The molecular weight excluding hydrogens is 260 g/mol. The molecule has 114 valence electrons. The maximum absolute atomic E-state index is 13.4. The SMILES string of the molecule is CCN(CC)C1(C(=O)C2CCc3cccnc32)CCCC1. The van der Waals surface area contributed by atoms with Gasteiger partial charge in [-0.25, -0.2) is 0 Å². The minimum absolute atomic E-state index is 0.0277. The van der Waals surface area contributed by atoms with Gasteiger partial charge >= 0.3 is 0 Å². The van der Waals surface area contributed by atoms with Crippen LogP contribution >= 0.6 is 0 Å². The molecule has 0 aliphatic heterocycles. The number of nitrogens with zero attached hydrogens (tertiary/aromatic N) is 2. The molecule has 3 heteroatoms. The molecular formula is C18H26N2O. The lowest BCUT2D eigenvalue weighted by Gasteiger charge is -2.40. The number of aromatic nitrogens is 1. The summed E-state index contributed by atoms with van der Waals surface area (Å²) < 4.78 is 0. The highest BCUT2D eigenvalue weighted by Crippen LogP contribution is 2.43. The predicted octanol–water partition coefficient (Wildman–Crippen LogP) is 3.34. The van der Waals surface area contributed by atoms with Crippen LogP contribution in [-0.4, -0.2) is 34.3 Å². The molecule has 0 aromatic carbocycles. The van der Waals surface area contributed by atoms with Gasteiger partial charge in [-0.1, -0.05) is 32.8 Å². The van der Waals surface area contributed by atoms with Crippen LogP contribution in [0.5, 0.6) is 0 Å². The molecule has 1 aromatic heterocycles. The van der Waals surface area contributed by atoms with E-state index in [-0.39, 0.29) is 11.5 Å². The van der Waals surface area contributed by atoms with Gasteiger partial charge in [-0.05, 0) is 50.4 Å². The van der Waals surface area contributed by atoms with E-state index < -0.39 is 0 Å². The lowest BCUT2D eigenvalue weighted by atomic mass is 9.81. The molecule has 1 saturated carbocycles. The highest BCUT2D eigenvalue weighted by molar-refractivity contribution is 5.95. The fourth-order valence-corrected chi connectivity index (χ4v) is 4.50. The quantitative estimate of drug-likeness (QED) is 0.832. The molecule has 1 atom stereocenters. The molecule has 0 N–H and O–H groups in total. The van der Waals surface area contributed by atoms with Crippen molar-refractivity contribution in [2.24, 2.45) is 0 Å². The summed E-state index contributed by atoms with van der Waals surface area (Å²) in [5, 5.41) is 0. The zero-order valence-electron chi connectivity index (χ0n) is 13.3. The Morgan fingerprint density at radius 2 is 2.05 bits per heavy atom. The molecule has 0 radical (unpaired) electrons. The lowest BCUT2D eigenvalue weighted by Crippen LogP contribution is -2.54. The van der Waals surface area contributed by atoms with E-state index in [9.17, 15) is 4.79 Å². The van der Waals surface area contributed by atoms with Crippen molar-refractivity contribution >= 4 is 5.78 Å². The van der Waals surface area contributed by atoms with Crippen molar-refractivity contribution in [2.75, 3.05) is 13.1 Å². The predicted molar refractivity (Wildman–Crippen MR) is 84.4 cm³/mol. The van der Waals surface area contributed by atoms with E-state index in [1.807, 2.05) is 12.3 Å². The Kier molecular flexibility index (Phi) is 4.12. The van der Waals surface area contributed by atoms with Gasteiger partial charge in [0.25, 0.3) is 0 Å². The molecule has 1 aromatic rings. The summed E-state index contributed by atoms with van der Waals surface area (Å²) in [7, 11) is 0. The summed E-state index contributed by atoms with van der Waals surface area (Å²) in [6, 6.07) is 4.12. The van der Waals surface area contributed by atoms with Crippen LogP contribution in [0.4, 0.5) is 0 Å². The van der Waals surface area contributed by atoms with Gasteiger partial charge in [0.15, 0.2) is 5.78 Å². The van der Waals surface area contributed by atoms with Gasteiger partial charge in [-0.3, -0.25) is 14.7 Å². The van der Waals surface area contributed by atoms with Crippen LogP contribution in [0, 0.1) is 0 Å². The Morgan fingerprint density at radius 3 is 2.71 bits per heavy atom. The van der Waals surface area contributed by atoms with Crippen LogP contribution < -0.4 is 0 Å². The minimum Gasteiger partial charge on any atom is -0.297 e. The number of carbonyl (C=O) groups is 1. The maximum atomic E-state index is 13.4. The second-order valence-electron chi connectivity index (χ2n) is 6.41. The van der Waals surface area contributed by atoms with Crippen LogP contribution in [0.25, 0.3) is 0 Å². The summed E-state index contributed by atoms with van der Waals surface area (Å²) in [6.07, 6.45) is 8.23. The Hall–Kier alpha value is -1.22. The summed E-state index contributed by atoms with van der Waals surface area (Å²) in [5.41, 5.74) is 2.12. The van der Waals surface area contributed by atoms with E-state index in [1.165, 1.54) is 18.4 Å². The number of pyridine rings is 1.